The second-order valence-corrected chi connectivity index (χ2v) is 12.7. The van der Waals surface area contributed by atoms with Crippen LogP contribution < -0.4 is 0 Å². The lowest BCUT2D eigenvalue weighted by molar-refractivity contribution is -0.169. The Morgan fingerprint density at radius 3 is 2.00 bits per heavy atom. The van der Waals surface area contributed by atoms with E-state index in [9.17, 15) is 4.79 Å². The van der Waals surface area contributed by atoms with Crippen molar-refractivity contribution in [3.05, 3.63) is 76.0 Å². The molecule has 2 fully saturated rings. The van der Waals surface area contributed by atoms with Crippen LogP contribution >= 0.6 is 0 Å². The van der Waals surface area contributed by atoms with Crippen LogP contribution in [0.2, 0.25) is 0 Å². The third-order valence-corrected chi connectivity index (χ3v) is 9.02. The molecule has 9 nitrogen and oxygen atoms in total. The molecule has 0 radical (unpaired) electrons. The van der Waals surface area contributed by atoms with Gasteiger partial charge in [0.15, 0.2) is 17.7 Å². The number of hydrogen-bond donors (Lipinski definition) is 0. The number of rotatable bonds is 18. The predicted molar refractivity (Wildman–Crippen MR) is 178 cm³/mol. The first kappa shape index (κ1) is 35.5. The van der Waals surface area contributed by atoms with Gasteiger partial charge in [0.05, 0.1) is 59.0 Å². The van der Waals surface area contributed by atoms with Crippen molar-refractivity contribution in [3.8, 4) is 0 Å². The van der Waals surface area contributed by atoms with E-state index in [0.29, 0.717) is 83.6 Å². The van der Waals surface area contributed by atoms with Crippen molar-refractivity contribution >= 4 is 11.5 Å². The van der Waals surface area contributed by atoms with Gasteiger partial charge in [0, 0.05) is 6.61 Å². The van der Waals surface area contributed by atoms with Gasteiger partial charge in [-0.2, -0.15) is 0 Å². The van der Waals surface area contributed by atoms with Gasteiger partial charge >= 0.3 is 5.97 Å². The molecule has 9 heteroatoms. The minimum Gasteiger partial charge on any atom is -0.488 e. The first-order chi connectivity index (χ1) is 22.9. The number of benzene rings is 2. The van der Waals surface area contributed by atoms with Crippen LogP contribution in [0, 0.1) is 20.8 Å². The quantitative estimate of drug-likeness (QED) is 0.134. The molecule has 258 valence electrons. The molecule has 2 aromatic rings. The lowest BCUT2D eigenvalue weighted by Crippen LogP contribution is -2.40. The zero-order valence-corrected chi connectivity index (χ0v) is 28.4. The van der Waals surface area contributed by atoms with Crippen LogP contribution in [0.1, 0.15) is 72.8 Å². The van der Waals surface area contributed by atoms with Crippen molar-refractivity contribution in [1.82, 2.24) is 0 Å². The molecule has 0 aromatic heterocycles. The Hall–Kier alpha value is -2.79. The van der Waals surface area contributed by atoms with Crippen LogP contribution in [0.25, 0.3) is 5.57 Å². The summed E-state index contributed by atoms with van der Waals surface area (Å²) in [5, 5.41) is 0. The van der Waals surface area contributed by atoms with Gasteiger partial charge in [-0.25, -0.2) is 4.79 Å². The van der Waals surface area contributed by atoms with Crippen LogP contribution in [0.15, 0.2) is 48.2 Å². The lowest BCUT2D eigenvalue weighted by Gasteiger charge is -2.37. The topological polar surface area (TPSA) is 90.9 Å². The molecule has 0 N–H and O–H groups in total. The van der Waals surface area contributed by atoms with Gasteiger partial charge in [-0.15, -0.1) is 0 Å². The SMILES string of the molecule is Cc1cc(C)c(C2=C(OCc3ccccc3)C3(CCC(OCCOCCOCCOCCOC4CCCCO4)CC3)OC2=O)c(C)c1. The molecule has 3 aliphatic rings. The van der Waals surface area contributed by atoms with Crippen molar-refractivity contribution < 1.29 is 42.7 Å². The summed E-state index contributed by atoms with van der Waals surface area (Å²) in [6.45, 7) is 11.5. The molecule has 0 amide bonds. The number of hydrogen-bond acceptors (Lipinski definition) is 9. The summed E-state index contributed by atoms with van der Waals surface area (Å²) < 4.78 is 47.0. The van der Waals surface area contributed by atoms with E-state index in [2.05, 4.69) is 32.9 Å². The maximum Gasteiger partial charge on any atom is 0.343 e. The van der Waals surface area contributed by atoms with Gasteiger partial charge in [0.25, 0.3) is 0 Å². The molecule has 1 aliphatic carbocycles. The van der Waals surface area contributed by atoms with E-state index >= 15 is 0 Å². The highest BCUT2D eigenvalue weighted by atomic mass is 16.7. The molecule has 2 aliphatic heterocycles. The van der Waals surface area contributed by atoms with Crippen LogP contribution in [0.3, 0.4) is 0 Å². The largest absolute Gasteiger partial charge is 0.488 e. The molecule has 2 heterocycles. The highest BCUT2D eigenvalue weighted by Gasteiger charge is 2.52. The van der Waals surface area contributed by atoms with Gasteiger partial charge < -0.3 is 37.9 Å². The van der Waals surface area contributed by atoms with Crippen LogP contribution in [-0.2, 0) is 49.3 Å². The van der Waals surface area contributed by atoms with Crippen molar-refractivity contribution in [2.45, 2.75) is 90.3 Å². The smallest absolute Gasteiger partial charge is 0.343 e. The first-order valence-electron chi connectivity index (χ1n) is 17.3. The van der Waals surface area contributed by atoms with Crippen LogP contribution in [0.5, 0.6) is 0 Å². The van der Waals surface area contributed by atoms with E-state index in [1.54, 1.807) is 0 Å². The van der Waals surface area contributed by atoms with Crippen molar-refractivity contribution in [1.29, 1.82) is 0 Å². The molecule has 1 atom stereocenters. The Morgan fingerprint density at radius 2 is 1.38 bits per heavy atom. The third kappa shape index (κ3) is 10.1. The van der Waals surface area contributed by atoms with Gasteiger partial charge in [0.2, 0.25) is 0 Å². The monoisotopic (exact) mass is 652 g/mol. The summed E-state index contributed by atoms with van der Waals surface area (Å²) in [6, 6.07) is 14.3. The highest BCUT2D eigenvalue weighted by molar-refractivity contribution is 6.20. The summed E-state index contributed by atoms with van der Waals surface area (Å²) in [7, 11) is 0. The molecule has 0 bridgehead atoms. The Labute approximate surface area is 279 Å². The normalized spacial score (nSPS) is 23.0. The number of carbonyl (C=O) groups is 1. The minimum atomic E-state index is -0.779. The van der Waals surface area contributed by atoms with Crippen LogP contribution in [0.4, 0.5) is 0 Å². The summed E-state index contributed by atoms with van der Waals surface area (Å²) in [5.41, 5.74) is 5.02. The Balaban J connectivity index is 1.02. The molecule has 1 saturated carbocycles. The van der Waals surface area contributed by atoms with Gasteiger partial charge in [-0.1, -0.05) is 48.0 Å². The zero-order valence-electron chi connectivity index (χ0n) is 28.4. The maximum absolute atomic E-state index is 13.6. The van der Waals surface area contributed by atoms with Gasteiger partial charge in [0.1, 0.15) is 12.2 Å². The minimum absolute atomic E-state index is 0.0762. The molecule has 1 saturated heterocycles. The Kier molecular flexibility index (Phi) is 13.7. The van der Waals surface area contributed by atoms with E-state index < -0.39 is 5.60 Å². The van der Waals surface area contributed by atoms with Crippen molar-refractivity contribution in [3.63, 3.8) is 0 Å². The van der Waals surface area contributed by atoms with E-state index in [4.69, 9.17) is 37.9 Å². The fraction of sp³-hybridized carbons (Fsp3) is 0.605. The van der Waals surface area contributed by atoms with Crippen molar-refractivity contribution in [2.75, 3.05) is 59.5 Å². The van der Waals surface area contributed by atoms with E-state index in [-0.39, 0.29) is 18.4 Å². The average molecular weight is 653 g/mol. The van der Waals surface area contributed by atoms with Gasteiger partial charge in [-0.3, -0.25) is 0 Å². The maximum atomic E-state index is 13.6. The third-order valence-electron chi connectivity index (χ3n) is 9.02. The first-order valence-corrected chi connectivity index (χ1v) is 17.3. The number of aryl methyl sites for hydroxylation is 3. The summed E-state index contributed by atoms with van der Waals surface area (Å²) >= 11 is 0. The Morgan fingerprint density at radius 1 is 0.766 bits per heavy atom. The van der Waals surface area contributed by atoms with Crippen LogP contribution in [-0.4, -0.2) is 83.4 Å². The molecule has 47 heavy (non-hydrogen) atoms. The fourth-order valence-corrected chi connectivity index (χ4v) is 6.77. The highest BCUT2D eigenvalue weighted by Crippen LogP contribution is 2.48. The van der Waals surface area contributed by atoms with E-state index in [0.717, 1.165) is 61.0 Å². The van der Waals surface area contributed by atoms with E-state index in [1.807, 2.05) is 30.3 Å². The molecular formula is C38H52O9. The fourth-order valence-electron chi connectivity index (χ4n) is 6.77. The average Bonchev–Trinajstić information content (AvgIpc) is 3.33. The molecule has 2 aromatic carbocycles. The predicted octanol–water partition coefficient (Wildman–Crippen LogP) is 6.39. The molecule has 1 spiro atoms. The Bertz CT molecular complexity index is 1270. The van der Waals surface area contributed by atoms with Crippen molar-refractivity contribution in [2.24, 2.45) is 0 Å². The summed E-state index contributed by atoms with van der Waals surface area (Å²) in [6.07, 6.45) is 6.08. The second kappa shape index (κ2) is 18.1. The summed E-state index contributed by atoms with van der Waals surface area (Å²) in [4.78, 5) is 13.6. The standard InChI is InChI=1S/C38H52O9/c1-28-25-29(2)34(30(3)26-28)35-36(46-27-31-9-5-4-6-10-31)38(47-37(35)39)14-12-32(13-15-38)43-23-21-41-19-17-40-18-20-42-22-24-45-33-11-7-8-16-44-33/h4-6,9-10,25-26,32-33H,7-8,11-24,27H2,1-3H3. The number of esters is 1. The lowest BCUT2D eigenvalue weighted by atomic mass is 9.80. The molecule has 5 rings (SSSR count). The molecular weight excluding hydrogens is 600 g/mol. The summed E-state index contributed by atoms with van der Waals surface area (Å²) in [5.74, 6) is 0.361. The van der Waals surface area contributed by atoms with E-state index in [1.165, 1.54) is 5.56 Å². The van der Waals surface area contributed by atoms with Gasteiger partial charge in [-0.05, 0) is 88.0 Å². The number of carbonyl (C=O) groups excluding carboxylic acids is 1. The second-order valence-electron chi connectivity index (χ2n) is 12.7. The zero-order chi connectivity index (χ0) is 32.9. The molecule has 1 unspecified atom stereocenters. The number of ether oxygens (including phenoxy) is 8.